The van der Waals surface area contributed by atoms with Gasteiger partial charge in [-0.3, -0.25) is 4.98 Å². The molecule has 1 saturated heterocycles. The molecule has 200 valence electrons. The van der Waals surface area contributed by atoms with Crippen LogP contribution in [0.1, 0.15) is 27.7 Å². The lowest BCUT2D eigenvalue weighted by Gasteiger charge is -2.32. The third kappa shape index (κ3) is 4.52. The zero-order valence-electron chi connectivity index (χ0n) is 23.8. The first-order valence-electron chi connectivity index (χ1n) is 14.1. The van der Waals surface area contributed by atoms with Crippen LogP contribution in [0.15, 0.2) is 115 Å². The van der Waals surface area contributed by atoms with Gasteiger partial charge in [0, 0.05) is 22.5 Å². The summed E-state index contributed by atoms with van der Waals surface area (Å²) in [4.78, 5) is 9.85. The highest BCUT2D eigenvalue weighted by Crippen LogP contribution is 2.37. The van der Waals surface area contributed by atoms with Crippen molar-refractivity contribution in [1.29, 1.82) is 0 Å². The molecule has 3 heterocycles. The van der Waals surface area contributed by atoms with E-state index in [0.29, 0.717) is 0 Å². The Labute approximate surface area is 241 Å². The fraction of sp³-hybridized carbons (Fsp3) is 0.167. The van der Waals surface area contributed by atoms with E-state index in [1.54, 1.807) is 0 Å². The molecule has 0 N–H and O–H groups in total. The first-order chi connectivity index (χ1) is 19.8. The molecule has 0 amide bonds. The van der Waals surface area contributed by atoms with E-state index in [9.17, 15) is 0 Å². The summed E-state index contributed by atoms with van der Waals surface area (Å²) in [6, 6.07) is 38.1. The highest BCUT2D eigenvalue weighted by Gasteiger charge is 2.51. The fourth-order valence-electron chi connectivity index (χ4n) is 5.48. The van der Waals surface area contributed by atoms with Gasteiger partial charge in [-0.05, 0) is 67.5 Å². The molecule has 41 heavy (non-hydrogen) atoms. The van der Waals surface area contributed by atoms with Crippen LogP contribution in [0.25, 0.3) is 55.3 Å². The van der Waals surface area contributed by atoms with Crippen LogP contribution in [0.2, 0.25) is 0 Å². The van der Waals surface area contributed by atoms with E-state index < -0.39 is 0 Å². The van der Waals surface area contributed by atoms with E-state index in [1.807, 2.05) is 18.3 Å². The van der Waals surface area contributed by atoms with Gasteiger partial charge >= 0.3 is 7.12 Å². The molecular weight excluding hydrogens is 503 g/mol. The number of nitrogens with zero attached hydrogens (tertiary/aromatic N) is 2. The summed E-state index contributed by atoms with van der Waals surface area (Å²) in [7, 11) is -0.361. The summed E-state index contributed by atoms with van der Waals surface area (Å²) >= 11 is 0. The molecule has 5 heteroatoms. The quantitative estimate of drug-likeness (QED) is 0.169. The summed E-state index contributed by atoms with van der Waals surface area (Å²) in [5.41, 5.74) is 8.75. The summed E-state index contributed by atoms with van der Waals surface area (Å²) in [6.07, 6.45) is 1.84. The highest BCUT2D eigenvalue weighted by atomic mass is 16.7. The van der Waals surface area contributed by atoms with Gasteiger partial charge in [0.2, 0.25) is 0 Å². The maximum absolute atomic E-state index is 6.23. The second-order valence-electron chi connectivity index (χ2n) is 11.7. The van der Waals surface area contributed by atoms with E-state index in [4.69, 9.17) is 19.3 Å². The number of fused-ring (bicyclic) bond motifs is 3. The molecule has 4 nitrogen and oxygen atoms in total. The van der Waals surface area contributed by atoms with Gasteiger partial charge in [0.25, 0.3) is 0 Å². The number of rotatable bonds is 4. The summed E-state index contributed by atoms with van der Waals surface area (Å²) in [6.45, 7) is 8.31. The van der Waals surface area contributed by atoms with Crippen molar-refractivity contribution in [2.45, 2.75) is 38.9 Å². The van der Waals surface area contributed by atoms with Gasteiger partial charge in [-0.25, -0.2) is 4.98 Å². The standard InChI is InChI=1S/C36H31BN2O2/c1-35(2)36(3,4)41-37(40-35)29-19-16-25(17-20-29)24-12-14-27(15-13-24)32-23-31(26-9-6-5-7-10-26)30-21-18-28-11-8-22-38-33(28)34(30)39-32/h5-23H,1-4H3. The molecule has 7 rings (SSSR count). The topological polar surface area (TPSA) is 44.2 Å². The molecule has 1 aliphatic rings. The van der Waals surface area contributed by atoms with Crippen LogP contribution < -0.4 is 5.46 Å². The van der Waals surface area contributed by atoms with E-state index in [1.165, 1.54) is 0 Å². The first-order valence-corrected chi connectivity index (χ1v) is 14.1. The van der Waals surface area contributed by atoms with E-state index in [2.05, 4.69) is 125 Å². The molecule has 1 aliphatic heterocycles. The Hall–Kier alpha value is -4.32. The van der Waals surface area contributed by atoms with Crippen LogP contribution in [-0.2, 0) is 9.31 Å². The average Bonchev–Trinajstić information content (AvgIpc) is 3.23. The van der Waals surface area contributed by atoms with Gasteiger partial charge in [0.15, 0.2) is 0 Å². The molecule has 1 fully saturated rings. The van der Waals surface area contributed by atoms with Crippen LogP contribution in [0.4, 0.5) is 0 Å². The predicted molar refractivity (Wildman–Crippen MR) is 169 cm³/mol. The molecular formula is C36H31BN2O2. The minimum Gasteiger partial charge on any atom is -0.399 e. The maximum Gasteiger partial charge on any atom is 0.494 e. The van der Waals surface area contributed by atoms with Crippen LogP contribution in [-0.4, -0.2) is 28.3 Å². The van der Waals surface area contributed by atoms with Crippen molar-refractivity contribution in [2.75, 3.05) is 0 Å². The maximum atomic E-state index is 6.23. The Bertz CT molecular complexity index is 1870. The van der Waals surface area contributed by atoms with Gasteiger partial charge in [-0.1, -0.05) is 97.1 Å². The SMILES string of the molecule is CC1(C)OB(c2ccc(-c3ccc(-c4cc(-c5ccccc5)c5ccc6cccnc6c5n4)cc3)cc2)OC1(C)C. The largest absolute Gasteiger partial charge is 0.494 e. The Morgan fingerprint density at radius 2 is 1.22 bits per heavy atom. The highest BCUT2D eigenvalue weighted by molar-refractivity contribution is 6.62. The molecule has 0 aliphatic carbocycles. The number of aromatic nitrogens is 2. The molecule has 6 aromatic rings. The zero-order chi connectivity index (χ0) is 28.2. The third-order valence-corrected chi connectivity index (χ3v) is 8.59. The normalized spacial score (nSPS) is 16.0. The molecule has 0 saturated carbocycles. The van der Waals surface area contributed by atoms with Crippen molar-refractivity contribution in [3.8, 4) is 33.5 Å². The lowest BCUT2D eigenvalue weighted by molar-refractivity contribution is 0.00578. The van der Waals surface area contributed by atoms with Crippen molar-refractivity contribution in [3.63, 3.8) is 0 Å². The lowest BCUT2D eigenvalue weighted by atomic mass is 9.78. The molecule has 0 atom stereocenters. The summed E-state index contributed by atoms with van der Waals surface area (Å²) < 4.78 is 12.5. The first kappa shape index (κ1) is 25.6. The van der Waals surface area contributed by atoms with Gasteiger partial charge in [-0.15, -0.1) is 0 Å². The van der Waals surface area contributed by atoms with Crippen molar-refractivity contribution in [2.24, 2.45) is 0 Å². The minimum atomic E-state index is -0.361. The number of hydrogen-bond acceptors (Lipinski definition) is 4. The summed E-state index contributed by atoms with van der Waals surface area (Å²) in [5, 5.41) is 2.19. The third-order valence-electron chi connectivity index (χ3n) is 8.59. The molecule has 4 aromatic carbocycles. The van der Waals surface area contributed by atoms with Gasteiger partial charge in [-0.2, -0.15) is 0 Å². The fourth-order valence-corrected chi connectivity index (χ4v) is 5.48. The van der Waals surface area contributed by atoms with Gasteiger partial charge < -0.3 is 9.31 Å². The molecule has 0 spiro atoms. The van der Waals surface area contributed by atoms with Crippen LogP contribution in [0, 0.1) is 0 Å². The Kier molecular flexibility index (Phi) is 6.04. The number of benzene rings is 4. The van der Waals surface area contributed by atoms with Crippen molar-refractivity contribution in [3.05, 3.63) is 115 Å². The second kappa shape index (κ2) is 9.65. The minimum absolute atomic E-state index is 0.355. The Morgan fingerprint density at radius 3 is 1.90 bits per heavy atom. The van der Waals surface area contributed by atoms with Crippen molar-refractivity contribution in [1.82, 2.24) is 9.97 Å². The predicted octanol–water partition coefficient (Wildman–Crippen LogP) is 8.08. The molecule has 0 radical (unpaired) electrons. The zero-order valence-corrected chi connectivity index (χ0v) is 23.8. The molecule has 0 bridgehead atoms. The smallest absolute Gasteiger partial charge is 0.399 e. The Morgan fingerprint density at radius 1 is 0.585 bits per heavy atom. The molecule has 0 unspecified atom stereocenters. The number of hydrogen-bond donors (Lipinski definition) is 0. The van der Waals surface area contributed by atoms with Gasteiger partial charge in [0.05, 0.1) is 27.9 Å². The van der Waals surface area contributed by atoms with Crippen molar-refractivity contribution < 1.29 is 9.31 Å². The lowest BCUT2D eigenvalue weighted by Crippen LogP contribution is -2.41. The molecule has 2 aromatic heterocycles. The monoisotopic (exact) mass is 534 g/mol. The van der Waals surface area contributed by atoms with Crippen LogP contribution in [0.3, 0.4) is 0 Å². The number of pyridine rings is 2. The average molecular weight is 534 g/mol. The van der Waals surface area contributed by atoms with E-state index in [-0.39, 0.29) is 18.3 Å². The van der Waals surface area contributed by atoms with Crippen LogP contribution in [0.5, 0.6) is 0 Å². The van der Waals surface area contributed by atoms with Crippen LogP contribution >= 0.6 is 0 Å². The van der Waals surface area contributed by atoms with Gasteiger partial charge in [0.1, 0.15) is 0 Å². The second-order valence-corrected chi connectivity index (χ2v) is 11.7. The van der Waals surface area contributed by atoms with E-state index >= 15 is 0 Å². The Balaban J connectivity index is 1.24. The van der Waals surface area contributed by atoms with Crippen molar-refractivity contribution >= 4 is 34.4 Å². The summed E-state index contributed by atoms with van der Waals surface area (Å²) in [5.74, 6) is 0. The van der Waals surface area contributed by atoms with E-state index in [0.717, 1.165) is 60.8 Å².